The van der Waals surface area contributed by atoms with Gasteiger partial charge in [-0.05, 0) is 54.6 Å². The minimum Gasteiger partial charge on any atom is -0.399 e. The highest BCUT2D eigenvalue weighted by molar-refractivity contribution is 14.1. The topological polar surface area (TPSA) is 49.5 Å². The SMILES string of the molecule is CN(c1ccc(N)cc1I)C(C)(C)CO. The molecular formula is C11H17IN2O. The van der Waals surface area contributed by atoms with Crippen molar-refractivity contribution in [3.63, 3.8) is 0 Å². The molecule has 0 aliphatic heterocycles. The Morgan fingerprint density at radius 3 is 2.53 bits per heavy atom. The van der Waals surface area contributed by atoms with Gasteiger partial charge in [0.2, 0.25) is 0 Å². The fraction of sp³-hybridized carbons (Fsp3) is 0.455. The third kappa shape index (κ3) is 2.75. The van der Waals surface area contributed by atoms with Crippen LogP contribution in [0.3, 0.4) is 0 Å². The highest BCUT2D eigenvalue weighted by Gasteiger charge is 2.23. The Balaban J connectivity index is 3.06. The van der Waals surface area contributed by atoms with Crippen LogP contribution in [-0.2, 0) is 0 Å². The normalized spacial score (nSPS) is 11.5. The third-order valence-electron chi connectivity index (χ3n) is 2.63. The zero-order valence-corrected chi connectivity index (χ0v) is 11.4. The summed E-state index contributed by atoms with van der Waals surface area (Å²) in [5, 5.41) is 9.30. The van der Waals surface area contributed by atoms with E-state index in [1.54, 1.807) is 0 Å². The summed E-state index contributed by atoms with van der Waals surface area (Å²) in [6.45, 7) is 4.11. The largest absolute Gasteiger partial charge is 0.399 e. The Morgan fingerprint density at radius 1 is 1.47 bits per heavy atom. The molecule has 0 atom stereocenters. The number of likely N-dealkylation sites (N-methyl/N-ethyl adjacent to an activating group) is 1. The predicted octanol–water partition coefficient (Wildman–Crippen LogP) is 2.08. The van der Waals surface area contributed by atoms with Crippen LogP contribution in [0.4, 0.5) is 11.4 Å². The van der Waals surface area contributed by atoms with Crippen molar-refractivity contribution in [3.05, 3.63) is 21.8 Å². The van der Waals surface area contributed by atoms with Gasteiger partial charge in [0.25, 0.3) is 0 Å². The molecule has 0 saturated heterocycles. The van der Waals surface area contributed by atoms with Gasteiger partial charge in [0, 0.05) is 16.3 Å². The molecule has 0 fully saturated rings. The maximum absolute atomic E-state index is 9.30. The van der Waals surface area contributed by atoms with Crippen LogP contribution < -0.4 is 10.6 Å². The molecular weight excluding hydrogens is 303 g/mol. The molecule has 0 aliphatic rings. The molecule has 0 aliphatic carbocycles. The van der Waals surface area contributed by atoms with Crippen LogP contribution in [0.1, 0.15) is 13.8 Å². The van der Waals surface area contributed by atoms with E-state index >= 15 is 0 Å². The number of hydrogen-bond donors (Lipinski definition) is 2. The van der Waals surface area contributed by atoms with E-state index in [1.165, 1.54) is 0 Å². The standard InChI is InChI=1S/C11H17IN2O/c1-11(2,7-15)14(3)10-5-4-8(13)6-9(10)12/h4-6,15H,7,13H2,1-3H3. The Kier molecular flexibility index (Phi) is 3.83. The van der Waals surface area contributed by atoms with Crippen molar-refractivity contribution < 1.29 is 5.11 Å². The van der Waals surface area contributed by atoms with E-state index in [4.69, 9.17) is 5.73 Å². The number of rotatable bonds is 3. The number of aliphatic hydroxyl groups excluding tert-OH is 1. The Morgan fingerprint density at radius 2 is 2.07 bits per heavy atom. The van der Waals surface area contributed by atoms with Crippen molar-refractivity contribution in [2.75, 3.05) is 24.3 Å². The molecule has 0 bridgehead atoms. The summed E-state index contributed by atoms with van der Waals surface area (Å²) in [4.78, 5) is 2.06. The van der Waals surface area contributed by atoms with Gasteiger partial charge < -0.3 is 15.7 Å². The lowest BCUT2D eigenvalue weighted by atomic mass is 10.0. The predicted molar refractivity (Wildman–Crippen MR) is 73.1 cm³/mol. The van der Waals surface area contributed by atoms with E-state index in [0.29, 0.717) is 0 Å². The third-order valence-corrected chi connectivity index (χ3v) is 3.49. The first-order valence-corrected chi connectivity index (χ1v) is 5.86. The minimum atomic E-state index is -0.268. The van der Waals surface area contributed by atoms with Gasteiger partial charge in [0.15, 0.2) is 0 Å². The van der Waals surface area contributed by atoms with Crippen LogP contribution >= 0.6 is 22.6 Å². The number of aliphatic hydroxyl groups is 1. The lowest BCUT2D eigenvalue weighted by Gasteiger charge is -2.36. The van der Waals surface area contributed by atoms with Crippen molar-refractivity contribution in [1.82, 2.24) is 0 Å². The van der Waals surface area contributed by atoms with E-state index < -0.39 is 0 Å². The monoisotopic (exact) mass is 320 g/mol. The maximum atomic E-state index is 9.30. The van der Waals surface area contributed by atoms with Gasteiger partial charge in [-0.15, -0.1) is 0 Å². The number of hydrogen-bond acceptors (Lipinski definition) is 3. The van der Waals surface area contributed by atoms with Gasteiger partial charge in [0.1, 0.15) is 0 Å². The van der Waals surface area contributed by atoms with E-state index in [0.717, 1.165) is 14.9 Å². The van der Waals surface area contributed by atoms with Crippen molar-refractivity contribution in [2.45, 2.75) is 19.4 Å². The number of benzene rings is 1. The van der Waals surface area contributed by atoms with Crippen molar-refractivity contribution in [1.29, 1.82) is 0 Å². The molecule has 0 radical (unpaired) electrons. The molecule has 4 heteroatoms. The highest BCUT2D eigenvalue weighted by Crippen LogP contribution is 2.28. The average molecular weight is 320 g/mol. The summed E-state index contributed by atoms with van der Waals surface area (Å²) < 4.78 is 1.09. The molecule has 15 heavy (non-hydrogen) atoms. The average Bonchev–Trinajstić information content (AvgIpc) is 2.17. The second-order valence-corrected chi connectivity index (χ2v) is 5.40. The molecule has 0 spiro atoms. The second-order valence-electron chi connectivity index (χ2n) is 4.24. The zero-order valence-electron chi connectivity index (χ0n) is 9.29. The van der Waals surface area contributed by atoms with Crippen molar-refractivity contribution in [2.24, 2.45) is 0 Å². The number of nitrogen functional groups attached to an aromatic ring is 1. The summed E-state index contributed by atoms with van der Waals surface area (Å²) in [5.41, 5.74) is 7.28. The molecule has 1 rings (SSSR count). The van der Waals surface area contributed by atoms with Gasteiger partial charge in [0.05, 0.1) is 17.8 Å². The van der Waals surface area contributed by atoms with E-state index in [2.05, 4.69) is 27.5 Å². The summed E-state index contributed by atoms with van der Waals surface area (Å²) >= 11 is 2.25. The van der Waals surface area contributed by atoms with E-state index in [-0.39, 0.29) is 12.1 Å². The maximum Gasteiger partial charge on any atom is 0.0658 e. The highest BCUT2D eigenvalue weighted by atomic mass is 127. The van der Waals surface area contributed by atoms with Gasteiger partial charge in [-0.2, -0.15) is 0 Å². The molecule has 1 aromatic carbocycles. The second kappa shape index (κ2) is 4.57. The van der Waals surface area contributed by atoms with Gasteiger partial charge in [-0.25, -0.2) is 0 Å². The first-order chi connectivity index (χ1) is 6.88. The van der Waals surface area contributed by atoms with E-state index in [9.17, 15) is 5.11 Å². The summed E-state index contributed by atoms with van der Waals surface area (Å²) in [6.07, 6.45) is 0. The van der Waals surface area contributed by atoms with E-state index in [1.807, 2.05) is 39.1 Å². The number of nitrogens with two attached hydrogens (primary N) is 1. The quantitative estimate of drug-likeness (QED) is 0.662. The fourth-order valence-corrected chi connectivity index (χ4v) is 2.13. The number of halogens is 1. The lowest BCUT2D eigenvalue weighted by Crippen LogP contribution is -2.44. The molecule has 0 saturated carbocycles. The van der Waals surface area contributed by atoms with Crippen LogP contribution in [0, 0.1) is 3.57 Å². The van der Waals surface area contributed by atoms with Crippen LogP contribution in [0.15, 0.2) is 18.2 Å². The summed E-state index contributed by atoms with van der Waals surface area (Å²) in [7, 11) is 1.98. The Hall–Kier alpha value is -0.490. The number of anilines is 2. The molecule has 0 heterocycles. The number of nitrogens with zero attached hydrogens (tertiary/aromatic N) is 1. The lowest BCUT2D eigenvalue weighted by molar-refractivity contribution is 0.216. The van der Waals surface area contributed by atoms with Crippen LogP contribution in [0.5, 0.6) is 0 Å². The molecule has 0 unspecified atom stereocenters. The zero-order chi connectivity index (χ0) is 11.6. The van der Waals surface area contributed by atoms with Crippen molar-refractivity contribution >= 4 is 34.0 Å². The fourth-order valence-electron chi connectivity index (χ4n) is 1.23. The smallest absolute Gasteiger partial charge is 0.0658 e. The molecule has 84 valence electrons. The summed E-state index contributed by atoms with van der Waals surface area (Å²) in [5.74, 6) is 0. The molecule has 0 aromatic heterocycles. The van der Waals surface area contributed by atoms with Gasteiger partial charge in [-0.1, -0.05) is 0 Å². The molecule has 1 aromatic rings. The first-order valence-electron chi connectivity index (χ1n) is 4.78. The molecule has 3 N–H and O–H groups in total. The first kappa shape index (κ1) is 12.6. The molecule has 0 amide bonds. The Labute approximate surface area is 104 Å². The Bertz CT molecular complexity index is 352. The van der Waals surface area contributed by atoms with Crippen LogP contribution in [-0.4, -0.2) is 24.3 Å². The molecule has 3 nitrogen and oxygen atoms in total. The van der Waals surface area contributed by atoms with Gasteiger partial charge >= 0.3 is 0 Å². The van der Waals surface area contributed by atoms with Crippen LogP contribution in [0.2, 0.25) is 0 Å². The summed E-state index contributed by atoms with van der Waals surface area (Å²) in [6, 6.07) is 5.79. The van der Waals surface area contributed by atoms with Crippen molar-refractivity contribution in [3.8, 4) is 0 Å². The van der Waals surface area contributed by atoms with Gasteiger partial charge in [-0.3, -0.25) is 0 Å². The minimum absolute atomic E-state index is 0.115. The van der Waals surface area contributed by atoms with Crippen LogP contribution in [0.25, 0.3) is 0 Å².